The van der Waals surface area contributed by atoms with Crippen LogP contribution >= 0.6 is 0 Å². The topological polar surface area (TPSA) is 54.9 Å². The molecular weight excluding hydrogens is 210 g/mol. The van der Waals surface area contributed by atoms with Gasteiger partial charge in [0.05, 0.1) is 10.8 Å². The molecule has 15 heavy (non-hydrogen) atoms. The average Bonchev–Trinajstić information content (AvgIpc) is 2.70. The summed E-state index contributed by atoms with van der Waals surface area (Å²) in [5.74, 6) is 0.628. The van der Waals surface area contributed by atoms with E-state index in [0.29, 0.717) is 17.0 Å². The van der Waals surface area contributed by atoms with Gasteiger partial charge in [-0.1, -0.05) is 0 Å². The molecule has 1 aromatic heterocycles. The Bertz CT molecular complexity index is 363. The first-order valence-corrected chi connectivity index (χ1v) is 6.49. The maximum atomic E-state index is 11.9. The van der Waals surface area contributed by atoms with Crippen LogP contribution in [0, 0.1) is 6.92 Å². The van der Waals surface area contributed by atoms with E-state index in [9.17, 15) is 4.21 Å². The second kappa shape index (κ2) is 4.81. The van der Waals surface area contributed by atoms with Crippen molar-refractivity contribution in [3.63, 3.8) is 0 Å². The molecule has 1 N–H and O–H groups in total. The SMILES string of the molecule is Cc1ccnc(S(=O)CC2CCCN2)n1. The smallest absolute Gasteiger partial charge is 0.218 e. The van der Waals surface area contributed by atoms with Crippen molar-refractivity contribution in [2.45, 2.75) is 31.0 Å². The van der Waals surface area contributed by atoms with Gasteiger partial charge in [0.2, 0.25) is 5.16 Å². The van der Waals surface area contributed by atoms with Gasteiger partial charge in [0.1, 0.15) is 0 Å². The van der Waals surface area contributed by atoms with Crippen molar-refractivity contribution in [3.8, 4) is 0 Å². The molecule has 1 fully saturated rings. The molecule has 0 spiro atoms. The molecule has 5 heteroatoms. The van der Waals surface area contributed by atoms with Gasteiger partial charge in [0.15, 0.2) is 0 Å². The predicted molar refractivity (Wildman–Crippen MR) is 59.1 cm³/mol. The Morgan fingerprint density at radius 2 is 2.53 bits per heavy atom. The van der Waals surface area contributed by atoms with E-state index in [1.165, 1.54) is 6.42 Å². The highest BCUT2D eigenvalue weighted by atomic mass is 32.2. The van der Waals surface area contributed by atoms with Gasteiger partial charge in [0, 0.05) is 23.7 Å². The molecule has 0 aromatic carbocycles. The minimum Gasteiger partial charge on any atom is -0.313 e. The highest BCUT2D eigenvalue weighted by Crippen LogP contribution is 2.09. The lowest BCUT2D eigenvalue weighted by atomic mass is 10.3. The Balaban J connectivity index is 2.01. The monoisotopic (exact) mass is 225 g/mol. The number of nitrogens with zero attached hydrogens (tertiary/aromatic N) is 2. The van der Waals surface area contributed by atoms with Crippen molar-refractivity contribution < 1.29 is 4.21 Å². The van der Waals surface area contributed by atoms with Crippen molar-refractivity contribution in [1.29, 1.82) is 0 Å². The van der Waals surface area contributed by atoms with Crippen molar-refractivity contribution in [2.75, 3.05) is 12.3 Å². The summed E-state index contributed by atoms with van der Waals surface area (Å²) in [6.45, 7) is 2.92. The number of nitrogens with one attached hydrogen (secondary N) is 1. The Morgan fingerprint density at radius 1 is 1.67 bits per heavy atom. The normalized spacial score (nSPS) is 22.9. The second-order valence-corrected chi connectivity index (χ2v) is 5.18. The highest BCUT2D eigenvalue weighted by molar-refractivity contribution is 7.84. The number of hydrogen-bond donors (Lipinski definition) is 1. The van der Waals surface area contributed by atoms with E-state index >= 15 is 0 Å². The first kappa shape index (κ1) is 10.7. The van der Waals surface area contributed by atoms with E-state index in [1.807, 2.05) is 13.0 Å². The fourth-order valence-electron chi connectivity index (χ4n) is 1.69. The summed E-state index contributed by atoms with van der Waals surface area (Å²) in [7, 11) is -1.07. The molecule has 0 radical (unpaired) electrons. The summed E-state index contributed by atoms with van der Waals surface area (Å²) >= 11 is 0. The summed E-state index contributed by atoms with van der Waals surface area (Å²) in [4.78, 5) is 8.22. The molecule has 0 saturated carbocycles. The molecular formula is C10H15N3OS. The van der Waals surface area contributed by atoms with Gasteiger partial charge >= 0.3 is 0 Å². The van der Waals surface area contributed by atoms with Gasteiger partial charge in [-0.2, -0.15) is 0 Å². The zero-order valence-corrected chi connectivity index (χ0v) is 9.59. The molecule has 2 rings (SSSR count). The molecule has 2 atom stereocenters. The Hall–Kier alpha value is -0.810. The lowest BCUT2D eigenvalue weighted by molar-refractivity contribution is 0.637. The van der Waals surface area contributed by atoms with Gasteiger partial charge in [-0.3, -0.25) is 4.21 Å². The summed E-state index contributed by atoms with van der Waals surface area (Å²) in [6, 6.07) is 2.18. The zero-order valence-electron chi connectivity index (χ0n) is 8.77. The van der Waals surface area contributed by atoms with Crippen LogP contribution in [0.2, 0.25) is 0 Å². The number of aryl methyl sites for hydroxylation is 1. The molecule has 1 saturated heterocycles. The van der Waals surface area contributed by atoms with Gasteiger partial charge in [-0.05, 0) is 32.4 Å². The Morgan fingerprint density at radius 3 is 3.20 bits per heavy atom. The third-order valence-corrected chi connectivity index (χ3v) is 3.80. The first-order chi connectivity index (χ1) is 7.25. The third-order valence-electron chi connectivity index (χ3n) is 2.49. The van der Waals surface area contributed by atoms with Crippen LogP contribution in [0.25, 0.3) is 0 Å². The lowest BCUT2D eigenvalue weighted by Gasteiger charge is -2.08. The van der Waals surface area contributed by atoms with Crippen molar-refractivity contribution in [1.82, 2.24) is 15.3 Å². The van der Waals surface area contributed by atoms with Crippen molar-refractivity contribution in [2.24, 2.45) is 0 Å². The van der Waals surface area contributed by atoms with E-state index in [0.717, 1.165) is 18.7 Å². The van der Waals surface area contributed by atoms with Crippen molar-refractivity contribution >= 4 is 10.8 Å². The second-order valence-electron chi connectivity index (χ2n) is 3.79. The molecule has 4 nitrogen and oxygen atoms in total. The number of hydrogen-bond acceptors (Lipinski definition) is 4. The molecule has 1 aliphatic heterocycles. The van der Waals surface area contributed by atoms with Crippen molar-refractivity contribution in [3.05, 3.63) is 18.0 Å². The van der Waals surface area contributed by atoms with E-state index < -0.39 is 10.8 Å². The van der Waals surface area contributed by atoms with Crippen LogP contribution in [-0.2, 0) is 10.8 Å². The van der Waals surface area contributed by atoms with Gasteiger partial charge in [-0.15, -0.1) is 0 Å². The Kier molecular flexibility index (Phi) is 3.43. The van der Waals surface area contributed by atoms with Crippen LogP contribution in [0.15, 0.2) is 17.4 Å². The van der Waals surface area contributed by atoms with Crippen LogP contribution in [0.5, 0.6) is 0 Å². The van der Waals surface area contributed by atoms with Gasteiger partial charge in [0.25, 0.3) is 0 Å². The molecule has 2 heterocycles. The molecule has 82 valence electrons. The molecule has 2 unspecified atom stereocenters. The maximum absolute atomic E-state index is 11.9. The minimum atomic E-state index is -1.07. The van der Waals surface area contributed by atoms with E-state index in [1.54, 1.807) is 6.20 Å². The molecule has 1 aromatic rings. The standard InChI is InChI=1S/C10H15N3OS/c1-8-4-6-12-10(13-8)15(14)7-9-3-2-5-11-9/h4,6,9,11H,2-3,5,7H2,1H3. The minimum absolute atomic E-state index is 0.370. The summed E-state index contributed by atoms with van der Waals surface area (Å²) in [5, 5.41) is 3.79. The van der Waals surface area contributed by atoms with Crippen LogP contribution in [0.3, 0.4) is 0 Å². The molecule has 1 aliphatic rings. The summed E-state index contributed by atoms with van der Waals surface area (Å²) in [6.07, 6.45) is 3.95. The molecule has 0 amide bonds. The van der Waals surface area contributed by atoms with Crippen LogP contribution < -0.4 is 5.32 Å². The van der Waals surface area contributed by atoms with Crippen LogP contribution in [0.4, 0.5) is 0 Å². The van der Waals surface area contributed by atoms with E-state index in [-0.39, 0.29) is 0 Å². The average molecular weight is 225 g/mol. The van der Waals surface area contributed by atoms with Crippen LogP contribution in [-0.4, -0.2) is 32.5 Å². The van der Waals surface area contributed by atoms with Gasteiger partial charge < -0.3 is 5.32 Å². The fraction of sp³-hybridized carbons (Fsp3) is 0.600. The van der Waals surface area contributed by atoms with Gasteiger partial charge in [-0.25, -0.2) is 9.97 Å². The summed E-state index contributed by atoms with van der Waals surface area (Å²) < 4.78 is 11.9. The Labute approximate surface area is 92.0 Å². The van der Waals surface area contributed by atoms with E-state index in [2.05, 4.69) is 15.3 Å². The maximum Gasteiger partial charge on any atom is 0.218 e. The highest BCUT2D eigenvalue weighted by Gasteiger charge is 2.18. The first-order valence-electron chi connectivity index (χ1n) is 5.17. The third kappa shape index (κ3) is 2.82. The molecule has 0 bridgehead atoms. The quantitative estimate of drug-likeness (QED) is 0.767. The molecule has 0 aliphatic carbocycles. The van der Waals surface area contributed by atoms with Crippen LogP contribution in [0.1, 0.15) is 18.5 Å². The van der Waals surface area contributed by atoms with E-state index in [4.69, 9.17) is 0 Å². The number of aromatic nitrogens is 2. The lowest BCUT2D eigenvalue weighted by Crippen LogP contribution is -2.28. The fourth-order valence-corrected chi connectivity index (χ4v) is 2.92. The largest absolute Gasteiger partial charge is 0.313 e. The number of rotatable bonds is 3. The zero-order chi connectivity index (χ0) is 10.7. The summed E-state index contributed by atoms with van der Waals surface area (Å²) in [5.41, 5.74) is 0.868. The predicted octanol–water partition coefficient (Wildman–Crippen LogP) is 0.645.